The summed E-state index contributed by atoms with van der Waals surface area (Å²) >= 11 is 0. The summed E-state index contributed by atoms with van der Waals surface area (Å²) in [6, 6.07) is 57.1. The maximum Gasteiger partial charge on any atom is 0.161 e. The Hall–Kier alpha value is -6.52. The zero-order valence-corrected chi connectivity index (χ0v) is 25.8. The van der Waals surface area contributed by atoms with Gasteiger partial charge in [-0.3, -0.25) is 0 Å². The van der Waals surface area contributed by atoms with E-state index < -0.39 is 0 Å². The Balaban J connectivity index is 1.25. The molecule has 0 N–H and O–H groups in total. The molecule has 3 heterocycles. The van der Waals surface area contributed by atoms with Crippen LogP contribution in [0, 0.1) is 0 Å². The summed E-state index contributed by atoms with van der Waals surface area (Å²) in [5.41, 5.74) is 11.1. The van der Waals surface area contributed by atoms with Gasteiger partial charge < -0.3 is 8.98 Å². The highest BCUT2D eigenvalue weighted by Gasteiger charge is 2.21. The van der Waals surface area contributed by atoms with Crippen molar-refractivity contribution in [3.63, 3.8) is 0 Å². The van der Waals surface area contributed by atoms with E-state index in [9.17, 15) is 0 Å². The lowest BCUT2D eigenvalue weighted by Gasteiger charge is -2.10. The van der Waals surface area contributed by atoms with Gasteiger partial charge in [0.15, 0.2) is 11.4 Å². The summed E-state index contributed by atoms with van der Waals surface area (Å²) in [6.07, 6.45) is 0. The zero-order valence-electron chi connectivity index (χ0n) is 25.8. The maximum absolute atomic E-state index is 6.81. The standard InChI is InChI=1S/C44H27N3O/c1-3-13-28(14-4-1)30-25-26-32-31-17-8-10-22-37(31)47(39(32)27-30)38-23-11-19-34-41-35(20-12-24-40(41)48-43(34)38)44-45-36-21-9-7-18-33(36)42(46-44)29-15-5-2-6-16-29/h1-27H. The topological polar surface area (TPSA) is 43.9 Å². The van der Waals surface area contributed by atoms with Gasteiger partial charge in [-0.25, -0.2) is 9.97 Å². The van der Waals surface area contributed by atoms with Crippen LogP contribution in [-0.4, -0.2) is 14.5 Å². The van der Waals surface area contributed by atoms with E-state index in [2.05, 4.69) is 138 Å². The molecular weight excluding hydrogens is 587 g/mol. The largest absolute Gasteiger partial charge is 0.454 e. The molecule has 0 radical (unpaired) electrons. The molecule has 0 aliphatic rings. The highest BCUT2D eigenvalue weighted by atomic mass is 16.3. The van der Waals surface area contributed by atoms with Crippen molar-refractivity contribution in [1.29, 1.82) is 0 Å². The highest BCUT2D eigenvalue weighted by Crippen LogP contribution is 2.42. The molecule has 0 unspecified atom stereocenters. The predicted molar refractivity (Wildman–Crippen MR) is 197 cm³/mol. The van der Waals surface area contributed by atoms with Gasteiger partial charge >= 0.3 is 0 Å². The number of fused-ring (bicyclic) bond motifs is 7. The van der Waals surface area contributed by atoms with Gasteiger partial charge in [-0.05, 0) is 41.5 Å². The first-order valence-corrected chi connectivity index (χ1v) is 16.2. The van der Waals surface area contributed by atoms with Gasteiger partial charge in [-0.15, -0.1) is 0 Å². The molecule has 3 aromatic heterocycles. The van der Waals surface area contributed by atoms with Crippen LogP contribution in [0.1, 0.15) is 0 Å². The van der Waals surface area contributed by atoms with Crippen molar-refractivity contribution in [1.82, 2.24) is 14.5 Å². The third-order valence-corrected chi connectivity index (χ3v) is 9.41. The Morgan fingerprint density at radius 3 is 2.00 bits per heavy atom. The van der Waals surface area contributed by atoms with Crippen LogP contribution in [0.2, 0.25) is 0 Å². The van der Waals surface area contributed by atoms with Crippen LogP contribution >= 0.6 is 0 Å². The number of benzene rings is 7. The molecule has 0 saturated heterocycles. The summed E-state index contributed by atoms with van der Waals surface area (Å²) in [5, 5.41) is 5.48. The predicted octanol–water partition coefficient (Wildman–Crippen LogP) is 11.6. The molecule has 0 bridgehead atoms. The smallest absolute Gasteiger partial charge is 0.161 e. The molecule has 0 spiro atoms. The van der Waals surface area contributed by atoms with Crippen LogP contribution in [0.4, 0.5) is 0 Å². The fourth-order valence-electron chi connectivity index (χ4n) is 7.25. The van der Waals surface area contributed by atoms with Crippen molar-refractivity contribution in [2.45, 2.75) is 0 Å². The van der Waals surface area contributed by atoms with Gasteiger partial charge in [0.05, 0.1) is 27.9 Å². The van der Waals surface area contributed by atoms with Crippen molar-refractivity contribution in [2.75, 3.05) is 0 Å². The molecule has 0 aliphatic carbocycles. The summed E-state index contributed by atoms with van der Waals surface area (Å²) in [6.45, 7) is 0. The van der Waals surface area contributed by atoms with Crippen LogP contribution in [-0.2, 0) is 0 Å². The van der Waals surface area contributed by atoms with E-state index in [0.29, 0.717) is 5.82 Å². The summed E-state index contributed by atoms with van der Waals surface area (Å²) < 4.78 is 9.16. The van der Waals surface area contributed by atoms with Crippen molar-refractivity contribution in [3.8, 4) is 39.5 Å². The molecule has 7 aromatic carbocycles. The molecule has 0 atom stereocenters. The van der Waals surface area contributed by atoms with Crippen molar-refractivity contribution in [2.24, 2.45) is 0 Å². The van der Waals surface area contributed by atoms with E-state index >= 15 is 0 Å². The van der Waals surface area contributed by atoms with Crippen molar-refractivity contribution >= 4 is 54.6 Å². The Morgan fingerprint density at radius 2 is 1.15 bits per heavy atom. The number of para-hydroxylation sites is 3. The molecular formula is C44H27N3O. The molecule has 4 heteroatoms. The second-order valence-corrected chi connectivity index (χ2v) is 12.2. The Labute approximate surface area is 276 Å². The summed E-state index contributed by atoms with van der Waals surface area (Å²) in [5.74, 6) is 0.677. The lowest BCUT2D eigenvalue weighted by molar-refractivity contribution is 0.666. The molecule has 0 saturated carbocycles. The van der Waals surface area contributed by atoms with E-state index in [1.54, 1.807) is 0 Å². The van der Waals surface area contributed by atoms with Gasteiger partial charge in [0.1, 0.15) is 5.58 Å². The van der Waals surface area contributed by atoms with Crippen molar-refractivity contribution < 1.29 is 4.42 Å². The SMILES string of the molecule is c1ccc(-c2ccc3c4ccccc4n(-c4cccc5c4oc4cccc(-c6nc(-c7ccccc7)c7ccccc7n6)c45)c3c2)cc1. The third kappa shape index (κ3) is 4.03. The molecule has 0 fully saturated rings. The number of hydrogen-bond donors (Lipinski definition) is 0. The normalized spacial score (nSPS) is 11.8. The lowest BCUT2D eigenvalue weighted by atomic mass is 10.0. The number of rotatable bonds is 4. The second kappa shape index (κ2) is 10.5. The third-order valence-electron chi connectivity index (χ3n) is 9.41. The van der Waals surface area contributed by atoms with Crippen molar-refractivity contribution in [3.05, 3.63) is 164 Å². The molecule has 0 aliphatic heterocycles. The van der Waals surface area contributed by atoms with Crippen LogP contribution in [0.15, 0.2) is 168 Å². The Bertz CT molecular complexity index is 2830. The minimum Gasteiger partial charge on any atom is -0.454 e. The van der Waals surface area contributed by atoms with Gasteiger partial charge in [0, 0.05) is 38.1 Å². The number of nitrogens with zero attached hydrogens (tertiary/aromatic N) is 3. The fourth-order valence-corrected chi connectivity index (χ4v) is 7.25. The highest BCUT2D eigenvalue weighted by molar-refractivity contribution is 6.16. The molecule has 48 heavy (non-hydrogen) atoms. The molecule has 10 aromatic rings. The minimum atomic E-state index is 0.677. The minimum absolute atomic E-state index is 0.677. The fraction of sp³-hybridized carbons (Fsp3) is 0. The molecule has 10 rings (SSSR count). The first kappa shape index (κ1) is 26.7. The summed E-state index contributed by atoms with van der Waals surface area (Å²) in [4.78, 5) is 10.3. The first-order chi connectivity index (χ1) is 23.8. The van der Waals surface area contributed by atoms with Crippen LogP contribution in [0.5, 0.6) is 0 Å². The first-order valence-electron chi connectivity index (χ1n) is 16.2. The van der Waals surface area contributed by atoms with Gasteiger partial charge in [-0.2, -0.15) is 0 Å². The van der Waals surface area contributed by atoms with E-state index in [0.717, 1.165) is 66.4 Å². The molecule has 4 nitrogen and oxygen atoms in total. The van der Waals surface area contributed by atoms with E-state index in [4.69, 9.17) is 14.4 Å². The average molecular weight is 614 g/mol. The van der Waals surface area contributed by atoms with Gasteiger partial charge in [-0.1, -0.05) is 133 Å². The number of furan rings is 1. The zero-order chi connectivity index (χ0) is 31.6. The quantitative estimate of drug-likeness (QED) is 0.198. The van der Waals surface area contributed by atoms with Gasteiger partial charge in [0.25, 0.3) is 0 Å². The monoisotopic (exact) mass is 613 g/mol. The average Bonchev–Trinajstić information content (AvgIpc) is 3.71. The van der Waals surface area contributed by atoms with E-state index in [1.807, 2.05) is 30.3 Å². The number of hydrogen-bond acceptors (Lipinski definition) is 3. The molecule has 0 amide bonds. The molecule has 224 valence electrons. The maximum atomic E-state index is 6.81. The van der Waals surface area contributed by atoms with Gasteiger partial charge in [0.2, 0.25) is 0 Å². The van der Waals surface area contributed by atoms with E-state index in [-0.39, 0.29) is 0 Å². The van der Waals surface area contributed by atoms with Crippen LogP contribution in [0.25, 0.3) is 94.1 Å². The Kier molecular flexibility index (Phi) is 5.84. The number of aromatic nitrogens is 3. The summed E-state index contributed by atoms with van der Waals surface area (Å²) in [7, 11) is 0. The van der Waals surface area contributed by atoms with Crippen LogP contribution in [0.3, 0.4) is 0 Å². The lowest BCUT2D eigenvalue weighted by Crippen LogP contribution is -1.96. The Morgan fingerprint density at radius 1 is 0.458 bits per heavy atom. The van der Waals surface area contributed by atoms with E-state index in [1.165, 1.54) is 21.9 Å². The second-order valence-electron chi connectivity index (χ2n) is 12.2. The van der Waals surface area contributed by atoms with Crippen LogP contribution < -0.4 is 0 Å².